The lowest BCUT2D eigenvalue weighted by molar-refractivity contribution is -0.133. The van der Waals surface area contributed by atoms with Crippen molar-refractivity contribution in [3.8, 4) is 11.1 Å². The molecule has 1 aromatic heterocycles. The number of carbonyl (C=O) groups is 2. The van der Waals surface area contributed by atoms with Crippen LogP contribution in [-0.4, -0.2) is 54.4 Å². The third-order valence-electron chi connectivity index (χ3n) is 6.70. The number of aromatic nitrogens is 1. The van der Waals surface area contributed by atoms with Gasteiger partial charge in [-0.1, -0.05) is 23.7 Å². The van der Waals surface area contributed by atoms with Gasteiger partial charge in [-0.25, -0.2) is 0 Å². The number of benzene rings is 1. The molecule has 2 aromatic rings. The van der Waals surface area contributed by atoms with Crippen LogP contribution >= 0.6 is 11.6 Å². The smallest absolute Gasteiger partial charge is 0.219 e. The van der Waals surface area contributed by atoms with Gasteiger partial charge in [-0.05, 0) is 55.4 Å². The minimum absolute atomic E-state index is 0.0321. The van der Waals surface area contributed by atoms with Gasteiger partial charge in [0.25, 0.3) is 0 Å². The SMILES string of the molecule is CC(=O)N1CCC[C@H](C(=O)Cc2cc(-c3cccc(NCC4CCOCC4)c3)c(Cl)cn2)C1. The third kappa shape index (κ3) is 6.33. The molecule has 2 fully saturated rings. The summed E-state index contributed by atoms with van der Waals surface area (Å²) < 4.78 is 5.45. The molecule has 1 aromatic carbocycles. The van der Waals surface area contributed by atoms with Gasteiger partial charge in [-0.3, -0.25) is 14.6 Å². The Morgan fingerprint density at radius 2 is 2.03 bits per heavy atom. The lowest BCUT2D eigenvalue weighted by atomic mass is 9.91. The minimum Gasteiger partial charge on any atom is -0.385 e. The van der Waals surface area contributed by atoms with Gasteiger partial charge in [0.1, 0.15) is 5.78 Å². The summed E-state index contributed by atoms with van der Waals surface area (Å²) in [7, 11) is 0. The topological polar surface area (TPSA) is 71.5 Å². The van der Waals surface area contributed by atoms with Crippen molar-refractivity contribution in [1.82, 2.24) is 9.88 Å². The van der Waals surface area contributed by atoms with Crippen LogP contribution in [0.4, 0.5) is 5.69 Å². The number of pyridine rings is 1. The first-order valence-corrected chi connectivity index (χ1v) is 12.2. The Bertz CT molecular complexity index is 990. The number of rotatable bonds is 7. The van der Waals surface area contributed by atoms with Crippen molar-refractivity contribution in [2.24, 2.45) is 11.8 Å². The number of nitrogens with one attached hydrogen (secondary N) is 1. The number of hydrogen-bond donors (Lipinski definition) is 1. The Labute approximate surface area is 200 Å². The van der Waals surface area contributed by atoms with E-state index < -0.39 is 0 Å². The Hall–Kier alpha value is -2.44. The predicted octanol–water partition coefficient (Wildman–Crippen LogP) is 4.61. The zero-order valence-corrected chi connectivity index (χ0v) is 19.9. The van der Waals surface area contributed by atoms with Crippen molar-refractivity contribution in [3.05, 3.63) is 47.2 Å². The fourth-order valence-corrected chi connectivity index (χ4v) is 4.87. The van der Waals surface area contributed by atoms with Crippen LogP contribution in [0.3, 0.4) is 0 Å². The lowest BCUT2D eigenvalue weighted by Gasteiger charge is -2.31. The second-order valence-electron chi connectivity index (χ2n) is 9.12. The summed E-state index contributed by atoms with van der Waals surface area (Å²) in [5, 5.41) is 4.11. The molecule has 0 unspecified atom stereocenters. The molecule has 176 valence electrons. The van der Waals surface area contributed by atoms with E-state index in [4.69, 9.17) is 16.3 Å². The number of hydrogen-bond acceptors (Lipinski definition) is 5. The third-order valence-corrected chi connectivity index (χ3v) is 7.00. The highest BCUT2D eigenvalue weighted by molar-refractivity contribution is 6.33. The molecule has 0 radical (unpaired) electrons. The average molecular weight is 470 g/mol. The number of Topliss-reactive ketones (excluding diaryl/α,β-unsaturated/α-hetero) is 1. The van der Waals surface area contributed by atoms with Crippen molar-refractivity contribution in [1.29, 1.82) is 0 Å². The summed E-state index contributed by atoms with van der Waals surface area (Å²) in [4.78, 5) is 30.8. The molecule has 0 saturated carbocycles. The zero-order chi connectivity index (χ0) is 23.2. The first-order chi connectivity index (χ1) is 16.0. The molecular weight excluding hydrogens is 438 g/mol. The van der Waals surface area contributed by atoms with Crippen LogP contribution in [0.25, 0.3) is 11.1 Å². The van der Waals surface area contributed by atoms with E-state index in [2.05, 4.69) is 22.4 Å². The highest BCUT2D eigenvalue weighted by Gasteiger charge is 2.27. The summed E-state index contributed by atoms with van der Waals surface area (Å²) in [5.41, 5.74) is 3.63. The Kier molecular flexibility index (Phi) is 7.99. The second-order valence-corrected chi connectivity index (χ2v) is 9.53. The highest BCUT2D eigenvalue weighted by Crippen LogP contribution is 2.30. The van der Waals surface area contributed by atoms with Gasteiger partial charge in [0, 0.05) is 75.3 Å². The lowest BCUT2D eigenvalue weighted by Crippen LogP contribution is -2.41. The molecule has 1 atom stereocenters. The number of halogens is 1. The number of piperidine rings is 1. The molecule has 6 nitrogen and oxygen atoms in total. The monoisotopic (exact) mass is 469 g/mol. The molecule has 4 rings (SSSR count). The van der Waals surface area contributed by atoms with Gasteiger partial charge in [0.15, 0.2) is 0 Å². The largest absolute Gasteiger partial charge is 0.385 e. The van der Waals surface area contributed by atoms with Crippen molar-refractivity contribution in [2.45, 2.75) is 39.0 Å². The first kappa shape index (κ1) is 23.7. The fraction of sp³-hybridized carbons (Fsp3) is 0.500. The number of carbonyl (C=O) groups excluding carboxylic acids is 2. The van der Waals surface area contributed by atoms with Gasteiger partial charge >= 0.3 is 0 Å². The Balaban J connectivity index is 1.43. The first-order valence-electron chi connectivity index (χ1n) is 11.8. The van der Waals surface area contributed by atoms with Gasteiger partial charge in [0.05, 0.1) is 5.02 Å². The number of anilines is 1. The van der Waals surface area contributed by atoms with Crippen LogP contribution < -0.4 is 5.32 Å². The van der Waals surface area contributed by atoms with E-state index in [1.54, 1.807) is 18.0 Å². The number of amides is 1. The molecule has 3 heterocycles. The average Bonchev–Trinajstić information content (AvgIpc) is 2.85. The predicted molar refractivity (Wildman–Crippen MR) is 130 cm³/mol. The van der Waals surface area contributed by atoms with E-state index in [0.29, 0.717) is 23.2 Å². The normalized spacial score (nSPS) is 19.3. The van der Waals surface area contributed by atoms with Crippen molar-refractivity contribution < 1.29 is 14.3 Å². The van der Waals surface area contributed by atoms with E-state index in [1.165, 1.54) is 0 Å². The molecule has 1 amide bonds. The van der Waals surface area contributed by atoms with Gasteiger partial charge in [0.2, 0.25) is 5.91 Å². The maximum atomic E-state index is 12.9. The molecule has 2 saturated heterocycles. The van der Waals surface area contributed by atoms with Gasteiger partial charge < -0.3 is 15.0 Å². The summed E-state index contributed by atoms with van der Waals surface area (Å²) in [6.07, 6.45) is 5.75. The maximum absolute atomic E-state index is 12.9. The van der Waals surface area contributed by atoms with Crippen LogP contribution in [0.15, 0.2) is 36.5 Å². The van der Waals surface area contributed by atoms with Crippen LogP contribution in [0.5, 0.6) is 0 Å². The van der Waals surface area contributed by atoms with E-state index in [0.717, 1.165) is 68.8 Å². The maximum Gasteiger partial charge on any atom is 0.219 e. The molecule has 0 spiro atoms. The summed E-state index contributed by atoms with van der Waals surface area (Å²) in [6.45, 7) is 5.42. The van der Waals surface area contributed by atoms with Crippen molar-refractivity contribution >= 4 is 29.0 Å². The molecule has 0 bridgehead atoms. The van der Waals surface area contributed by atoms with E-state index in [9.17, 15) is 9.59 Å². The quantitative estimate of drug-likeness (QED) is 0.641. The second kappa shape index (κ2) is 11.1. The standard InChI is InChI=1S/C26H32ClN3O3/c1-18(31)30-9-3-5-21(17-30)26(32)14-23-13-24(25(27)16-29-23)20-4-2-6-22(12-20)28-15-19-7-10-33-11-8-19/h2,4,6,12-13,16,19,21,28H,3,5,7-11,14-15,17H2,1H3/t21-/m0/s1. The van der Waals surface area contributed by atoms with Crippen molar-refractivity contribution in [3.63, 3.8) is 0 Å². The van der Waals surface area contributed by atoms with E-state index in [1.807, 2.05) is 18.2 Å². The van der Waals surface area contributed by atoms with Crippen LogP contribution in [0.2, 0.25) is 5.02 Å². The van der Waals surface area contributed by atoms with Crippen LogP contribution in [-0.2, 0) is 20.7 Å². The van der Waals surface area contributed by atoms with E-state index in [-0.39, 0.29) is 24.0 Å². The molecular formula is C26H32ClN3O3. The Morgan fingerprint density at radius 3 is 2.82 bits per heavy atom. The molecule has 2 aliphatic rings. The minimum atomic E-state index is -0.124. The molecule has 33 heavy (non-hydrogen) atoms. The van der Waals surface area contributed by atoms with Crippen LogP contribution in [0, 0.1) is 11.8 Å². The number of likely N-dealkylation sites (tertiary alicyclic amines) is 1. The highest BCUT2D eigenvalue weighted by atomic mass is 35.5. The molecule has 7 heteroatoms. The molecule has 2 aliphatic heterocycles. The fourth-order valence-electron chi connectivity index (χ4n) is 4.66. The summed E-state index contributed by atoms with van der Waals surface area (Å²) >= 11 is 6.50. The molecule has 0 aliphatic carbocycles. The number of ketones is 1. The van der Waals surface area contributed by atoms with Crippen LogP contribution in [0.1, 0.15) is 38.3 Å². The van der Waals surface area contributed by atoms with E-state index >= 15 is 0 Å². The Morgan fingerprint density at radius 1 is 1.21 bits per heavy atom. The summed E-state index contributed by atoms with van der Waals surface area (Å²) in [5.74, 6) is 0.669. The number of ether oxygens (including phenoxy) is 1. The zero-order valence-electron chi connectivity index (χ0n) is 19.2. The molecule has 1 N–H and O–H groups in total. The van der Waals surface area contributed by atoms with Gasteiger partial charge in [-0.2, -0.15) is 0 Å². The number of nitrogens with zero attached hydrogens (tertiary/aromatic N) is 2. The van der Waals surface area contributed by atoms with Gasteiger partial charge in [-0.15, -0.1) is 0 Å². The van der Waals surface area contributed by atoms with Crippen molar-refractivity contribution in [2.75, 3.05) is 38.2 Å². The summed E-state index contributed by atoms with van der Waals surface area (Å²) in [6, 6.07) is 10.1.